The van der Waals surface area contributed by atoms with Crippen LogP contribution in [0.5, 0.6) is 0 Å². The summed E-state index contributed by atoms with van der Waals surface area (Å²) in [6.45, 7) is 1.85. The van der Waals surface area contributed by atoms with Gasteiger partial charge in [0.25, 0.3) is 11.8 Å². The van der Waals surface area contributed by atoms with Gasteiger partial charge < -0.3 is 15.1 Å². The van der Waals surface area contributed by atoms with Gasteiger partial charge in [0.2, 0.25) is 0 Å². The molecule has 0 aliphatic heterocycles. The van der Waals surface area contributed by atoms with E-state index >= 15 is 0 Å². The maximum Gasteiger partial charge on any atom is 0.291 e. The number of hydrogen-bond acceptors (Lipinski definition) is 3. The Morgan fingerprint density at radius 1 is 1.00 bits per heavy atom. The summed E-state index contributed by atoms with van der Waals surface area (Å²) in [6.07, 6.45) is 0. The van der Waals surface area contributed by atoms with Crippen LogP contribution in [0.4, 0.5) is 5.69 Å². The second kappa shape index (κ2) is 5.96. The van der Waals surface area contributed by atoms with Crippen LogP contribution in [0.25, 0.3) is 11.0 Å². The van der Waals surface area contributed by atoms with E-state index in [1.54, 1.807) is 31.3 Å². The van der Waals surface area contributed by atoms with E-state index in [2.05, 4.69) is 10.6 Å². The Morgan fingerprint density at radius 2 is 1.78 bits per heavy atom. The molecule has 23 heavy (non-hydrogen) atoms. The molecule has 0 bridgehead atoms. The van der Waals surface area contributed by atoms with Crippen LogP contribution in [-0.2, 0) is 0 Å². The second-order valence-electron chi connectivity index (χ2n) is 5.17. The van der Waals surface area contributed by atoms with Gasteiger partial charge in [-0.2, -0.15) is 0 Å². The molecule has 2 aromatic carbocycles. The fraction of sp³-hybridized carbons (Fsp3) is 0.111. The number of carbonyl (C=O) groups is 2. The van der Waals surface area contributed by atoms with Crippen molar-refractivity contribution in [2.75, 3.05) is 12.4 Å². The van der Waals surface area contributed by atoms with E-state index in [1.807, 2.05) is 31.2 Å². The van der Waals surface area contributed by atoms with Gasteiger partial charge in [-0.15, -0.1) is 0 Å². The van der Waals surface area contributed by atoms with E-state index in [4.69, 9.17) is 4.42 Å². The van der Waals surface area contributed by atoms with Gasteiger partial charge >= 0.3 is 0 Å². The lowest BCUT2D eigenvalue weighted by Gasteiger charge is -2.06. The summed E-state index contributed by atoms with van der Waals surface area (Å²) >= 11 is 0. The minimum atomic E-state index is -0.340. The molecule has 2 N–H and O–H groups in total. The lowest BCUT2D eigenvalue weighted by atomic mass is 10.1. The highest BCUT2D eigenvalue weighted by Gasteiger charge is 2.17. The second-order valence-corrected chi connectivity index (χ2v) is 5.17. The SMILES string of the molecule is CNC(=O)c1cccc(NC(=O)c2oc3ccccc3c2C)c1. The standard InChI is InChI=1S/C18H16N2O3/c1-11-14-8-3-4-9-15(14)23-16(11)18(22)20-13-7-5-6-12(10-13)17(21)19-2/h3-10H,1-2H3,(H,19,21)(H,20,22). The molecule has 1 aromatic heterocycles. The van der Waals surface area contributed by atoms with Gasteiger partial charge in [0.1, 0.15) is 5.58 Å². The van der Waals surface area contributed by atoms with Crippen molar-refractivity contribution in [3.63, 3.8) is 0 Å². The maximum atomic E-state index is 12.4. The number of para-hydroxylation sites is 1. The first-order valence-electron chi connectivity index (χ1n) is 7.22. The Balaban J connectivity index is 1.89. The van der Waals surface area contributed by atoms with Crippen LogP contribution in [-0.4, -0.2) is 18.9 Å². The number of furan rings is 1. The quantitative estimate of drug-likeness (QED) is 0.779. The number of amides is 2. The molecule has 0 fully saturated rings. The zero-order valence-corrected chi connectivity index (χ0v) is 12.8. The van der Waals surface area contributed by atoms with Crippen molar-refractivity contribution in [2.45, 2.75) is 6.92 Å². The summed E-state index contributed by atoms with van der Waals surface area (Å²) in [5.41, 5.74) is 2.48. The summed E-state index contributed by atoms with van der Waals surface area (Å²) < 4.78 is 5.64. The Kier molecular flexibility index (Phi) is 3.85. The van der Waals surface area contributed by atoms with Crippen LogP contribution in [0.15, 0.2) is 52.9 Å². The highest BCUT2D eigenvalue weighted by Crippen LogP contribution is 2.25. The summed E-state index contributed by atoms with van der Waals surface area (Å²) in [4.78, 5) is 24.1. The molecule has 5 nitrogen and oxygen atoms in total. The molecule has 1 heterocycles. The highest BCUT2D eigenvalue weighted by atomic mass is 16.3. The number of carbonyl (C=O) groups excluding carboxylic acids is 2. The smallest absolute Gasteiger partial charge is 0.291 e. The molecule has 0 spiro atoms. The van der Waals surface area contributed by atoms with Crippen LogP contribution in [0.3, 0.4) is 0 Å². The topological polar surface area (TPSA) is 71.3 Å². The van der Waals surface area contributed by atoms with Crippen LogP contribution in [0.2, 0.25) is 0 Å². The first-order valence-corrected chi connectivity index (χ1v) is 7.22. The summed E-state index contributed by atoms with van der Waals surface area (Å²) in [5, 5.41) is 6.23. The molecule has 0 atom stereocenters. The monoisotopic (exact) mass is 308 g/mol. The lowest BCUT2D eigenvalue weighted by Crippen LogP contribution is -2.18. The predicted octanol–water partition coefficient (Wildman–Crippen LogP) is 3.35. The van der Waals surface area contributed by atoms with Gasteiger partial charge in [0.15, 0.2) is 5.76 Å². The zero-order valence-electron chi connectivity index (χ0n) is 12.8. The van der Waals surface area contributed by atoms with E-state index in [0.717, 1.165) is 10.9 Å². The molecule has 0 saturated carbocycles. The summed E-state index contributed by atoms with van der Waals surface area (Å²) in [6, 6.07) is 14.2. The Morgan fingerprint density at radius 3 is 2.52 bits per heavy atom. The maximum absolute atomic E-state index is 12.4. The van der Waals surface area contributed by atoms with Crippen LogP contribution < -0.4 is 10.6 Å². The van der Waals surface area contributed by atoms with Crippen molar-refractivity contribution in [3.8, 4) is 0 Å². The molecule has 2 amide bonds. The molecular weight excluding hydrogens is 292 g/mol. The van der Waals surface area contributed by atoms with E-state index in [9.17, 15) is 9.59 Å². The molecule has 0 aliphatic carbocycles. The van der Waals surface area contributed by atoms with Crippen LogP contribution >= 0.6 is 0 Å². The highest BCUT2D eigenvalue weighted by molar-refractivity contribution is 6.07. The van der Waals surface area contributed by atoms with Gasteiger partial charge in [-0.1, -0.05) is 24.3 Å². The predicted molar refractivity (Wildman–Crippen MR) is 88.7 cm³/mol. The van der Waals surface area contributed by atoms with Gasteiger partial charge in [-0.05, 0) is 31.2 Å². The number of rotatable bonds is 3. The van der Waals surface area contributed by atoms with E-state index in [0.29, 0.717) is 16.8 Å². The van der Waals surface area contributed by atoms with Crippen molar-refractivity contribution >= 4 is 28.5 Å². The Hall–Kier alpha value is -3.08. The van der Waals surface area contributed by atoms with E-state index in [-0.39, 0.29) is 17.6 Å². The molecule has 0 aliphatic rings. The van der Waals surface area contributed by atoms with Crippen molar-refractivity contribution < 1.29 is 14.0 Å². The Labute approximate surface area is 133 Å². The van der Waals surface area contributed by atoms with Gasteiger partial charge in [-0.3, -0.25) is 9.59 Å². The van der Waals surface area contributed by atoms with Gasteiger partial charge in [0.05, 0.1) is 0 Å². The fourth-order valence-electron chi connectivity index (χ4n) is 2.46. The minimum absolute atomic E-state index is 0.207. The minimum Gasteiger partial charge on any atom is -0.451 e. The molecule has 3 aromatic rings. The van der Waals surface area contributed by atoms with Crippen LogP contribution in [0, 0.1) is 6.92 Å². The molecule has 0 saturated heterocycles. The number of nitrogens with one attached hydrogen (secondary N) is 2. The number of hydrogen-bond donors (Lipinski definition) is 2. The molecule has 0 radical (unpaired) electrons. The molecule has 0 unspecified atom stereocenters. The molecule has 3 rings (SSSR count). The van der Waals surface area contributed by atoms with Gasteiger partial charge in [0, 0.05) is 29.2 Å². The van der Waals surface area contributed by atoms with Crippen LogP contribution in [0.1, 0.15) is 26.5 Å². The summed E-state index contributed by atoms with van der Waals surface area (Å²) in [7, 11) is 1.56. The number of aryl methyl sites for hydroxylation is 1. The normalized spacial score (nSPS) is 10.5. The largest absolute Gasteiger partial charge is 0.451 e. The third-order valence-electron chi connectivity index (χ3n) is 3.66. The van der Waals surface area contributed by atoms with E-state index in [1.165, 1.54) is 0 Å². The number of fused-ring (bicyclic) bond motifs is 1. The summed E-state index contributed by atoms with van der Waals surface area (Å²) in [5.74, 6) is -0.273. The van der Waals surface area contributed by atoms with Crippen molar-refractivity contribution in [1.82, 2.24) is 5.32 Å². The molecular formula is C18H16N2O3. The van der Waals surface area contributed by atoms with Crippen molar-refractivity contribution in [3.05, 3.63) is 65.4 Å². The van der Waals surface area contributed by atoms with Crippen molar-refractivity contribution in [1.29, 1.82) is 0 Å². The number of benzene rings is 2. The third kappa shape index (κ3) is 2.81. The zero-order chi connectivity index (χ0) is 16.4. The average Bonchev–Trinajstić information content (AvgIpc) is 2.92. The fourth-order valence-corrected chi connectivity index (χ4v) is 2.46. The van der Waals surface area contributed by atoms with Gasteiger partial charge in [-0.25, -0.2) is 0 Å². The molecule has 5 heteroatoms. The molecule has 116 valence electrons. The first kappa shape index (κ1) is 14.8. The number of anilines is 1. The lowest BCUT2D eigenvalue weighted by molar-refractivity contribution is 0.0960. The average molecular weight is 308 g/mol. The third-order valence-corrected chi connectivity index (χ3v) is 3.66. The van der Waals surface area contributed by atoms with E-state index < -0.39 is 0 Å². The first-order chi connectivity index (χ1) is 11.1. The van der Waals surface area contributed by atoms with Crippen molar-refractivity contribution in [2.24, 2.45) is 0 Å². The Bertz CT molecular complexity index is 896.